The van der Waals surface area contributed by atoms with Gasteiger partial charge in [-0.05, 0) is 37.8 Å². The molecule has 1 aromatic heterocycles. The first-order chi connectivity index (χ1) is 9.04. The predicted molar refractivity (Wildman–Crippen MR) is 73.1 cm³/mol. The molecule has 0 saturated heterocycles. The molecule has 1 aromatic rings. The fraction of sp³-hybridized carbons (Fsp3) is 0.571. The smallest absolute Gasteiger partial charge is 0.303 e. The minimum atomic E-state index is -0.767. The maximum absolute atomic E-state index is 11.9. The molecule has 1 atom stereocenters. The molecule has 1 unspecified atom stereocenters. The minimum absolute atomic E-state index is 0.0720. The van der Waals surface area contributed by atoms with Crippen molar-refractivity contribution in [2.45, 2.75) is 39.7 Å². The fourth-order valence-corrected chi connectivity index (χ4v) is 1.93. The molecule has 0 aliphatic rings. The highest BCUT2D eigenvalue weighted by atomic mass is 16.4. The highest BCUT2D eigenvalue weighted by Crippen LogP contribution is 2.09. The van der Waals surface area contributed by atoms with Crippen molar-refractivity contribution in [3.63, 3.8) is 0 Å². The topological polar surface area (TPSA) is 71.3 Å². The standard InChI is InChI=1S/C14H22N2O3/c1-3-16-10-4-5-12(16)14(19)15-9-8-11(2)6-7-13(17)18/h4-5,10-11H,3,6-9H2,1-2H3,(H,15,19)(H,17,18). The van der Waals surface area contributed by atoms with E-state index in [0.717, 1.165) is 13.0 Å². The summed E-state index contributed by atoms with van der Waals surface area (Å²) in [7, 11) is 0. The largest absolute Gasteiger partial charge is 0.481 e. The van der Waals surface area contributed by atoms with Gasteiger partial charge < -0.3 is 15.0 Å². The molecule has 1 amide bonds. The quantitative estimate of drug-likeness (QED) is 0.757. The number of hydrogen-bond acceptors (Lipinski definition) is 2. The monoisotopic (exact) mass is 266 g/mol. The lowest BCUT2D eigenvalue weighted by Gasteiger charge is -2.11. The molecular weight excluding hydrogens is 244 g/mol. The number of carbonyl (C=O) groups excluding carboxylic acids is 1. The van der Waals surface area contributed by atoms with Crippen LogP contribution in [0.4, 0.5) is 0 Å². The van der Waals surface area contributed by atoms with Crippen molar-refractivity contribution in [1.82, 2.24) is 9.88 Å². The van der Waals surface area contributed by atoms with Crippen LogP contribution >= 0.6 is 0 Å². The molecule has 0 spiro atoms. The van der Waals surface area contributed by atoms with Gasteiger partial charge in [-0.1, -0.05) is 6.92 Å². The number of carboxylic acid groups (broad SMARTS) is 1. The lowest BCUT2D eigenvalue weighted by Crippen LogP contribution is -2.27. The average molecular weight is 266 g/mol. The first-order valence-corrected chi connectivity index (χ1v) is 6.69. The van der Waals surface area contributed by atoms with Gasteiger partial charge in [-0.15, -0.1) is 0 Å². The summed E-state index contributed by atoms with van der Waals surface area (Å²) in [6.07, 6.45) is 3.51. The number of aliphatic carboxylic acids is 1. The van der Waals surface area contributed by atoms with Gasteiger partial charge in [0.25, 0.3) is 5.91 Å². The molecule has 0 aromatic carbocycles. The number of amides is 1. The second-order valence-corrected chi connectivity index (χ2v) is 4.76. The van der Waals surface area contributed by atoms with Crippen LogP contribution < -0.4 is 5.32 Å². The van der Waals surface area contributed by atoms with Crippen LogP contribution in [0.15, 0.2) is 18.3 Å². The Morgan fingerprint density at radius 2 is 2.16 bits per heavy atom. The van der Waals surface area contributed by atoms with Gasteiger partial charge in [-0.3, -0.25) is 9.59 Å². The number of carboxylic acids is 1. The Labute approximate surface area is 113 Å². The number of aryl methyl sites for hydroxylation is 1. The van der Waals surface area contributed by atoms with Crippen LogP contribution in [0.2, 0.25) is 0 Å². The summed E-state index contributed by atoms with van der Waals surface area (Å²) in [5.41, 5.74) is 0.667. The van der Waals surface area contributed by atoms with Crippen molar-refractivity contribution in [2.24, 2.45) is 5.92 Å². The fourth-order valence-electron chi connectivity index (χ4n) is 1.93. The second kappa shape index (κ2) is 7.61. The third kappa shape index (κ3) is 5.16. The number of hydrogen-bond donors (Lipinski definition) is 2. The molecular formula is C14H22N2O3. The van der Waals surface area contributed by atoms with Gasteiger partial charge in [0.05, 0.1) is 0 Å². The van der Waals surface area contributed by atoms with Gasteiger partial charge in [0, 0.05) is 25.7 Å². The first-order valence-electron chi connectivity index (χ1n) is 6.69. The van der Waals surface area contributed by atoms with E-state index in [4.69, 9.17) is 5.11 Å². The van der Waals surface area contributed by atoms with E-state index in [1.807, 2.05) is 30.7 Å². The molecule has 1 heterocycles. The summed E-state index contributed by atoms with van der Waals surface area (Å²) in [6, 6.07) is 3.65. The third-order valence-electron chi connectivity index (χ3n) is 3.18. The molecule has 5 heteroatoms. The molecule has 1 rings (SSSR count). The van der Waals surface area contributed by atoms with E-state index in [1.54, 1.807) is 6.07 Å². The van der Waals surface area contributed by atoms with Crippen molar-refractivity contribution in [3.8, 4) is 0 Å². The summed E-state index contributed by atoms with van der Waals surface area (Å²) in [6.45, 7) is 5.34. The van der Waals surface area contributed by atoms with E-state index >= 15 is 0 Å². The predicted octanol–water partition coefficient (Wildman–Crippen LogP) is 2.13. The van der Waals surface area contributed by atoms with Crippen molar-refractivity contribution in [2.75, 3.05) is 6.54 Å². The minimum Gasteiger partial charge on any atom is -0.481 e. The highest BCUT2D eigenvalue weighted by Gasteiger charge is 2.10. The van der Waals surface area contributed by atoms with Crippen LogP contribution in [0.3, 0.4) is 0 Å². The SMILES string of the molecule is CCn1cccc1C(=O)NCCC(C)CCC(=O)O. The van der Waals surface area contributed by atoms with Gasteiger partial charge in [-0.2, -0.15) is 0 Å². The molecule has 0 aliphatic heterocycles. The van der Waals surface area contributed by atoms with E-state index in [9.17, 15) is 9.59 Å². The maximum atomic E-state index is 11.9. The van der Waals surface area contributed by atoms with Crippen LogP contribution in [-0.4, -0.2) is 28.1 Å². The Kier molecular flexibility index (Phi) is 6.12. The Hall–Kier alpha value is -1.78. The summed E-state index contributed by atoms with van der Waals surface area (Å²) in [4.78, 5) is 22.3. The summed E-state index contributed by atoms with van der Waals surface area (Å²) >= 11 is 0. The van der Waals surface area contributed by atoms with Gasteiger partial charge >= 0.3 is 5.97 Å². The van der Waals surface area contributed by atoms with Crippen LogP contribution in [0.5, 0.6) is 0 Å². The highest BCUT2D eigenvalue weighted by molar-refractivity contribution is 5.92. The van der Waals surface area contributed by atoms with E-state index in [1.165, 1.54) is 0 Å². The van der Waals surface area contributed by atoms with Gasteiger partial charge in [0.1, 0.15) is 5.69 Å². The molecule has 106 valence electrons. The van der Waals surface area contributed by atoms with Gasteiger partial charge in [-0.25, -0.2) is 0 Å². The second-order valence-electron chi connectivity index (χ2n) is 4.76. The first kappa shape index (κ1) is 15.3. The van der Waals surface area contributed by atoms with Crippen LogP contribution in [0.1, 0.15) is 43.6 Å². The number of nitrogens with zero attached hydrogens (tertiary/aromatic N) is 1. The van der Waals surface area contributed by atoms with Crippen molar-refractivity contribution >= 4 is 11.9 Å². The van der Waals surface area contributed by atoms with E-state index in [2.05, 4.69) is 5.32 Å². The molecule has 0 saturated carbocycles. The van der Waals surface area contributed by atoms with Crippen LogP contribution in [-0.2, 0) is 11.3 Å². The summed E-state index contributed by atoms with van der Waals surface area (Å²) in [5, 5.41) is 11.5. The molecule has 0 aliphatic carbocycles. The lowest BCUT2D eigenvalue weighted by molar-refractivity contribution is -0.137. The molecule has 5 nitrogen and oxygen atoms in total. The van der Waals surface area contributed by atoms with Crippen molar-refractivity contribution < 1.29 is 14.7 Å². The van der Waals surface area contributed by atoms with Crippen LogP contribution in [0, 0.1) is 5.92 Å². The van der Waals surface area contributed by atoms with E-state index < -0.39 is 5.97 Å². The Bertz CT molecular complexity index is 426. The molecule has 2 N–H and O–H groups in total. The molecule has 0 fully saturated rings. The van der Waals surface area contributed by atoms with E-state index in [-0.39, 0.29) is 12.3 Å². The normalized spacial score (nSPS) is 12.1. The average Bonchev–Trinajstić information content (AvgIpc) is 2.84. The molecule has 0 radical (unpaired) electrons. The zero-order valence-electron chi connectivity index (χ0n) is 11.6. The molecule has 0 bridgehead atoms. The van der Waals surface area contributed by atoms with Crippen molar-refractivity contribution in [1.29, 1.82) is 0 Å². The number of aromatic nitrogens is 1. The third-order valence-corrected chi connectivity index (χ3v) is 3.18. The van der Waals surface area contributed by atoms with Crippen molar-refractivity contribution in [3.05, 3.63) is 24.0 Å². The zero-order chi connectivity index (χ0) is 14.3. The number of rotatable bonds is 8. The Morgan fingerprint density at radius 3 is 2.79 bits per heavy atom. The van der Waals surface area contributed by atoms with Gasteiger partial charge in [0.2, 0.25) is 0 Å². The zero-order valence-corrected chi connectivity index (χ0v) is 11.6. The Balaban J connectivity index is 2.29. The van der Waals surface area contributed by atoms with Gasteiger partial charge in [0.15, 0.2) is 0 Å². The van der Waals surface area contributed by atoms with E-state index in [0.29, 0.717) is 24.6 Å². The number of carbonyl (C=O) groups is 2. The summed E-state index contributed by atoms with van der Waals surface area (Å²) in [5.74, 6) is -0.539. The Morgan fingerprint density at radius 1 is 1.42 bits per heavy atom. The lowest BCUT2D eigenvalue weighted by atomic mass is 10.0. The van der Waals surface area contributed by atoms with Crippen LogP contribution in [0.25, 0.3) is 0 Å². The summed E-state index contributed by atoms with van der Waals surface area (Å²) < 4.78 is 1.89. The molecule has 19 heavy (non-hydrogen) atoms. The maximum Gasteiger partial charge on any atom is 0.303 e. The number of nitrogens with one attached hydrogen (secondary N) is 1.